The van der Waals surface area contributed by atoms with Crippen LogP contribution in [0.4, 0.5) is 0 Å². The maximum absolute atomic E-state index is 9.76. The van der Waals surface area contributed by atoms with E-state index in [2.05, 4.69) is 249 Å². The molecule has 64 heavy (non-hydrogen) atoms. The molecule has 0 unspecified atom stereocenters. The minimum atomic E-state index is -0.236. The molecule has 0 spiro atoms. The summed E-state index contributed by atoms with van der Waals surface area (Å²) >= 11 is 0. The predicted octanol–water partition coefficient (Wildman–Crippen LogP) is 2.77. The summed E-state index contributed by atoms with van der Waals surface area (Å²) in [5, 5.41) is 9.76. The Balaban J connectivity index is 2.09. The van der Waals surface area contributed by atoms with Crippen molar-refractivity contribution in [2.75, 3.05) is 7.11 Å². The van der Waals surface area contributed by atoms with E-state index in [1.54, 1.807) is 36.4 Å². The molecule has 2 rings (SSSR count). The smallest absolute Gasteiger partial charge is 0.144 e. The lowest BCUT2D eigenvalue weighted by Gasteiger charge is -2.13. The lowest BCUT2D eigenvalue weighted by atomic mass is 10.2. The molecule has 0 radical (unpaired) electrons. The van der Waals surface area contributed by atoms with Crippen molar-refractivity contribution in [1.82, 2.24) is 0 Å². The van der Waals surface area contributed by atoms with Crippen molar-refractivity contribution >= 4 is 0 Å². The van der Waals surface area contributed by atoms with E-state index in [0.29, 0.717) is 34.1 Å². The summed E-state index contributed by atoms with van der Waals surface area (Å²) in [5.74, 6) is 100. The number of terminal acetylenes is 2. The standard InChI is InChI=1S/C59H16O5/c1-4-6-8-10-12-14-16-18-20-22-24-26-28-30-32-34-36-38-40-42-46-62-57-48-54(53-64-59-51-56(61-3)45-44-55(59)52-60)49-58(50-57)63-47-43-41-39-37-35-33-31-29-27-25-23-21-19-17-15-13-11-9-7-5-2/h1-2,44-45,48-51,60H,52-53H2,3H3. The van der Waals surface area contributed by atoms with Crippen LogP contribution in [0.5, 0.6) is 23.0 Å². The molecule has 0 saturated heterocycles. The molecule has 0 saturated carbocycles. The van der Waals surface area contributed by atoms with Gasteiger partial charge in [-0.05, 0) is 125 Å². The average molecular weight is 805 g/mol. The lowest BCUT2D eigenvalue weighted by Crippen LogP contribution is -2.00. The van der Waals surface area contributed by atoms with Crippen LogP contribution in [0.1, 0.15) is 11.1 Å². The summed E-state index contributed by atoms with van der Waals surface area (Å²) in [7, 11) is 1.53. The SMILES string of the molecule is C#CC#CC#CC#CC#CC#CC#CC#CC#CC#CC#COc1cc(COc2cc(OC)ccc2CO)cc(OC#CC#CC#CC#CC#CC#CC#CC#CC#CC#CC#C)c1. The van der Waals surface area contributed by atoms with Gasteiger partial charge in [-0.2, -0.15) is 0 Å². The van der Waals surface area contributed by atoms with Crippen molar-refractivity contribution in [2.45, 2.75) is 13.2 Å². The molecule has 5 nitrogen and oxygen atoms in total. The van der Waals surface area contributed by atoms with Crippen molar-refractivity contribution in [3.8, 4) is 285 Å². The van der Waals surface area contributed by atoms with E-state index in [-0.39, 0.29) is 13.2 Å². The maximum Gasteiger partial charge on any atom is 0.144 e. The van der Waals surface area contributed by atoms with Crippen molar-refractivity contribution < 1.29 is 24.1 Å². The van der Waals surface area contributed by atoms with E-state index in [0.717, 1.165) is 0 Å². The molecular weight excluding hydrogens is 789 g/mol. The number of hydrogen-bond acceptors (Lipinski definition) is 5. The molecule has 0 aliphatic rings. The second-order valence-electron chi connectivity index (χ2n) is 9.68. The second kappa shape index (κ2) is 35.3. The molecule has 0 aliphatic carbocycles. The van der Waals surface area contributed by atoms with Gasteiger partial charge in [0.2, 0.25) is 0 Å². The summed E-state index contributed by atoms with van der Waals surface area (Å²) in [6.45, 7) is -0.176. The van der Waals surface area contributed by atoms with Crippen LogP contribution in [0, 0.1) is 262 Å². The van der Waals surface area contributed by atoms with Crippen LogP contribution in [-0.4, -0.2) is 12.2 Å². The summed E-state index contributed by atoms with van der Waals surface area (Å²) in [4.78, 5) is 0. The van der Waals surface area contributed by atoms with Gasteiger partial charge in [-0.1, -0.05) is 0 Å². The van der Waals surface area contributed by atoms with E-state index in [1.165, 1.54) is 7.11 Å². The van der Waals surface area contributed by atoms with E-state index < -0.39 is 0 Å². The third-order valence-electron chi connectivity index (χ3n) is 5.61. The Kier molecular flexibility index (Phi) is 26.5. The summed E-state index contributed by atoms with van der Waals surface area (Å²) < 4.78 is 22.4. The highest BCUT2D eigenvalue weighted by Gasteiger charge is 2.08. The van der Waals surface area contributed by atoms with E-state index >= 15 is 0 Å². The van der Waals surface area contributed by atoms with E-state index in [1.807, 2.05) is 0 Å². The first-order chi connectivity index (χ1) is 31.7. The minimum absolute atomic E-state index is 0.0608. The lowest BCUT2D eigenvalue weighted by molar-refractivity contribution is 0.257. The Morgan fingerprint density at radius 3 is 1.00 bits per heavy atom. The highest BCUT2D eigenvalue weighted by atomic mass is 16.5. The fraction of sp³-hybridized carbons (Fsp3) is 0.0508. The van der Waals surface area contributed by atoms with Gasteiger partial charge in [0, 0.05) is 160 Å². The Morgan fingerprint density at radius 2 is 0.703 bits per heavy atom. The maximum atomic E-state index is 9.76. The number of ether oxygens (including phenoxy) is 4. The molecule has 282 valence electrons. The Labute approximate surface area is 375 Å². The summed E-state index contributed by atoms with van der Waals surface area (Å²) in [5.41, 5.74) is 1.19. The number of methoxy groups -OCH3 is 1. The molecule has 0 bridgehead atoms. The monoisotopic (exact) mass is 804 g/mol. The number of aliphatic hydroxyl groups excluding tert-OH is 1. The van der Waals surface area contributed by atoms with Crippen LogP contribution in [0.15, 0.2) is 36.4 Å². The van der Waals surface area contributed by atoms with Gasteiger partial charge < -0.3 is 24.1 Å². The fourth-order valence-corrected chi connectivity index (χ4v) is 3.27. The molecule has 0 aliphatic heterocycles. The van der Waals surface area contributed by atoms with Gasteiger partial charge in [-0.3, -0.25) is 0 Å². The first-order valence-electron chi connectivity index (χ1n) is 17.0. The number of hydrogen-bond donors (Lipinski definition) is 1. The van der Waals surface area contributed by atoms with Crippen molar-refractivity contribution in [2.24, 2.45) is 0 Å². The summed E-state index contributed by atoms with van der Waals surface area (Å²) in [6.07, 6.45) is 14.9. The third kappa shape index (κ3) is 25.9. The minimum Gasteiger partial charge on any atom is -0.497 e. The zero-order valence-electron chi connectivity index (χ0n) is 33.1. The zero-order valence-corrected chi connectivity index (χ0v) is 33.1. The molecule has 0 atom stereocenters. The predicted molar refractivity (Wildman–Crippen MR) is 244 cm³/mol. The molecular formula is C59H16O5. The second-order valence-corrected chi connectivity index (χ2v) is 9.68. The topological polar surface area (TPSA) is 57.2 Å². The molecule has 0 fully saturated rings. The Hall–Kier alpha value is -12.1. The molecule has 0 aromatic heterocycles. The average Bonchev–Trinajstić information content (AvgIpc) is 3.31. The van der Waals surface area contributed by atoms with Gasteiger partial charge in [-0.25, -0.2) is 0 Å². The van der Waals surface area contributed by atoms with Crippen molar-refractivity contribution in [1.29, 1.82) is 0 Å². The molecule has 0 amide bonds. The van der Waals surface area contributed by atoms with Crippen molar-refractivity contribution in [3.63, 3.8) is 0 Å². The van der Waals surface area contributed by atoms with Crippen LogP contribution in [0.2, 0.25) is 0 Å². The van der Waals surface area contributed by atoms with Gasteiger partial charge in [-0.15, -0.1) is 12.8 Å². The van der Waals surface area contributed by atoms with Crippen LogP contribution < -0.4 is 18.9 Å². The molecule has 0 heterocycles. The quantitative estimate of drug-likeness (QED) is 0.437. The van der Waals surface area contributed by atoms with Gasteiger partial charge in [0.1, 0.15) is 41.8 Å². The van der Waals surface area contributed by atoms with Gasteiger partial charge in [0.05, 0.1) is 13.7 Å². The highest BCUT2D eigenvalue weighted by molar-refractivity contribution is 5.50. The van der Waals surface area contributed by atoms with Crippen LogP contribution in [0.25, 0.3) is 0 Å². The largest absolute Gasteiger partial charge is 0.497 e. The molecule has 5 heteroatoms. The Morgan fingerprint density at radius 1 is 0.391 bits per heavy atom. The normalized spacial score (nSPS) is 6.06. The number of rotatable bonds is 7. The van der Waals surface area contributed by atoms with Crippen LogP contribution in [-0.2, 0) is 13.2 Å². The summed E-state index contributed by atoms with van der Waals surface area (Å²) in [6, 6.07) is 9.99. The fourth-order valence-electron chi connectivity index (χ4n) is 3.27. The number of aliphatic hydroxyl groups is 1. The molecule has 1 N–H and O–H groups in total. The number of benzene rings is 2. The van der Waals surface area contributed by atoms with Gasteiger partial charge >= 0.3 is 0 Å². The third-order valence-corrected chi connectivity index (χ3v) is 5.61. The van der Waals surface area contributed by atoms with Crippen LogP contribution in [0.3, 0.4) is 0 Å². The van der Waals surface area contributed by atoms with Crippen molar-refractivity contribution in [3.05, 3.63) is 47.5 Å². The Bertz CT molecular complexity index is 3410. The van der Waals surface area contributed by atoms with Gasteiger partial charge in [0.15, 0.2) is 0 Å². The first kappa shape index (κ1) is 48.1. The zero-order chi connectivity index (χ0) is 45.6. The molecule has 2 aromatic rings. The van der Waals surface area contributed by atoms with E-state index in [9.17, 15) is 5.11 Å². The first-order valence-corrected chi connectivity index (χ1v) is 17.0. The highest BCUT2D eigenvalue weighted by Crippen LogP contribution is 2.28. The molecule has 2 aromatic carbocycles. The van der Waals surface area contributed by atoms with E-state index in [4.69, 9.17) is 31.8 Å². The van der Waals surface area contributed by atoms with Gasteiger partial charge in [0.25, 0.3) is 0 Å². The van der Waals surface area contributed by atoms with Crippen LogP contribution >= 0.6 is 0 Å².